The number of hydrogen-bond acceptors (Lipinski definition) is 4. The smallest absolute Gasteiger partial charge is 0.360 e. The Morgan fingerprint density at radius 2 is 1.48 bits per heavy atom. The van der Waals surface area contributed by atoms with Crippen LogP contribution in [0.4, 0.5) is 0 Å². The van der Waals surface area contributed by atoms with Gasteiger partial charge >= 0.3 is 5.97 Å². The molecule has 0 fully saturated rings. The van der Waals surface area contributed by atoms with Crippen LogP contribution in [0.3, 0.4) is 0 Å². The van der Waals surface area contributed by atoms with Gasteiger partial charge in [0, 0.05) is 14.1 Å². The first-order valence-electron chi connectivity index (χ1n) is 7.44. The zero-order chi connectivity index (χ0) is 16.2. The third kappa shape index (κ3) is 3.31. The molecule has 1 aliphatic rings. The summed E-state index contributed by atoms with van der Waals surface area (Å²) >= 11 is 0. The van der Waals surface area contributed by atoms with Crippen molar-refractivity contribution in [3.63, 3.8) is 0 Å². The van der Waals surface area contributed by atoms with Crippen LogP contribution >= 0.6 is 0 Å². The zero-order valence-corrected chi connectivity index (χ0v) is 13.1. The highest BCUT2D eigenvalue weighted by molar-refractivity contribution is 6.41. The minimum absolute atomic E-state index is 0.238. The maximum absolute atomic E-state index is 12.3. The van der Waals surface area contributed by atoms with Crippen molar-refractivity contribution in [2.75, 3.05) is 14.1 Å². The first-order chi connectivity index (χ1) is 11.1. The van der Waals surface area contributed by atoms with Crippen molar-refractivity contribution in [2.45, 2.75) is 5.92 Å². The van der Waals surface area contributed by atoms with Crippen LogP contribution in [0.15, 0.2) is 77.7 Å². The number of carbonyl (C=O) groups excluding carboxylic acids is 1. The van der Waals surface area contributed by atoms with Crippen LogP contribution in [-0.4, -0.2) is 30.7 Å². The highest BCUT2D eigenvalue weighted by Gasteiger charge is 2.33. The van der Waals surface area contributed by atoms with Crippen LogP contribution in [0, 0.1) is 0 Å². The van der Waals surface area contributed by atoms with Gasteiger partial charge in [-0.3, -0.25) is 0 Å². The van der Waals surface area contributed by atoms with Crippen molar-refractivity contribution in [2.24, 2.45) is 4.99 Å². The minimum Gasteiger partial charge on any atom is -0.401 e. The lowest BCUT2D eigenvalue weighted by molar-refractivity contribution is -0.130. The van der Waals surface area contributed by atoms with Gasteiger partial charge in [-0.25, -0.2) is 9.79 Å². The van der Waals surface area contributed by atoms with Crippen LogP contribution in [0.5, 0.6) is 0 Å². The average molecular weight is 306 g/mol. The SMILES string of the molecule is CN(C)C=C1N=C(C(c2ccccc2)c2ccccc2)C(=O)O1. The molecule has 1 heterocycles. The fraction of sp³-hybridized carbons (Fsp3) is 0.158. The number of ether oxygens (including phenoxy) is 1. The number of aliphatic imine (C=N–C) groups is 1. The normalized spacial score (nSPS) is 15.7. The van der Waals surface area contributed by atoms with Crippen LogP contribution in [0.2, 0.25) is 0 Å². The Morgan fingerprint density at radius 3 is 1.96 bits per heavy atom. The largest absolute Gasteiger partial charge is 0.401 e. The van der Waals surface area contributed by atoms with Crippen LogP contribution in [-0.2, 0) is 9.53 Å². The van der Waals surface area contributed by atoms with E-state index in [9.17, 15) is 4.79 Å². The summed E-state index contributed by atoms with van der Waals surface area (Å²) in [5, 5.41) is 0. The summed E-state index contributed by atoms with van der Waals surface area (Å²) in [5.74, 6) is -0.305. The predicted molar refractivity (Wildman–Crippen MR) is 90.0 cm³/mol. The number of nitrogens with zero attached hydrogens (tertiary/aromatic N) is 2. The van der Waals surface area contributed by atoms with Gasteiger partial charge in [-0.15, -0.1) is 0 Å². The molecule has 0 amide bonds. The molecule has 0 radical (unpaired) electrons. The molecule has 4 heteroatoms. The maximum Gasteiger partial charge on any atom is 0.360 e. The van der Waals surface area contributed by atoms with Gasteiger partial charge in [-0.1, -0.05) is 60.7 Å². The number of esters is 1. The highest BCUT2D eigenvalue weighted by atomic mass is 16.6. The molecule has 0 spiro atoms. The first-order valence-corrected chi connectivity index (χ1v) is 7.44. The number of benzene rings is 2. The van der Waals surface area contributed by atoms with Crippen LogP contribution < -0.4 is 0 Å². The zero-order valence-electron chi connectivity index (χ0n) is 13.1. The van der Waals surface area contributed by atoms with E-state index in [2.05, 4.69) is 4.99 Å². The van der Waals surface area contributed by atoms with Gasteiger partial charge < -0.3 is 9.64 Å². The Bertz CT molecular complexity index is 710. The van der Waals surface area contributed by atoms with E-state index in [1.807, 2.05) is 74.8 Å². The highest BCUT2D eigenvalue weighted by Crippen LogP contribution is 2.30. The van der Waals surface area contributed by atoms with Crippen molar-refractivity contribution < 1.29 is 9.53 Å². The second-order valence-corrected chi connectivity index (χ2v) is 5.57. The second kappa shape index (κ2) is 6.48. The van der Waals surface area contributed by atoms with E-state index in [-0.39, 0.29) is 5.92 Å². The first kappa shape index (κ1) is 15.0. The number of carbonyl (C=O) groups is 1. The summed E-state index contributed by atoms with van der Waals surface area (Å²) in [6.45, 7) is 0. The van der Waals surface area contributed by atoms with E-state index in [0.29, 0.717) is 11.6 Å². The van der Waals surface area contributed by atoms with Crippen molar-refractivity contribution in [3.8, 4) is 0 Å². The van der Waals surface area contributed by atoms with Gasteiger partial charge in [0.2, 0.25) is 5.88 Å². The van der Waals surface area contributed by atoms with Crippen molar-refractivity contribution >= 4 is 11.7 Å². The average Bonchev–Trinajstić information content (AvgIpc) is 2.89. The van der Waals surface area contributed by atoms with Crippen molar-refractivity contribution in [3.05, 3.63) is 83.9 Å². The van der Waals surface area contributed by atoms with Crippen molar-refractivity contribution in [1.82, 2.24) is 4.90 Å². The third-order valence-electron chi connectivity index (χ3n) is 3.54. The molecule has 0 saturated carbocycles. The second-order valence-electron chi connectivity index (χ2n) is 5.57. The van der Waals surface area contributed by atoms with Crippen LogP contribution in [0.25, 0.3) is 0 Å². The number of rotatable bonds is 4. The molecule has 4 nitrogen and oxygen atoms in total. The predicted octanol–water partition coefficient (Wildman–Crippen LogP) is 3.18. The topological polar surface area (TPSA) is 41.9 Å². The summed E-state index contributed by atoms with van der Waals surface area (Å²) < 4.78 is 5.29. The van der Waals surface area contributed by atoms with E-state index >= 15 is 0 Å². The molecular formula is C19H18N2O2. The Balaban J connectivity index is 2.08. The molecule has 3 rings (SSSR count). The molecule has 0 aliphatic carbocycles. The number of hydrogen-bond donors (Lipinski definition) is 0. The van der Waals surface area contributed by atoms with Gasteiger partial charge in [0.05, 0.1) is 12.1 Å². The molecule has 2 aromatic carbocycles. The van der Waals surface area contributed by atoms with Gasteiger partial charge in [0.1, 0.15) is 5.71 Å². The Morgan fingerprint density at radius 1 is 0.957 bits per heavy atom. The summed E-state index contributed by atoms with van der Waals surface area (Å²) in [6.07, 6.45) is 1.69. The fourth-order valence-corrected chi connectivity index (χ4v) is 2.59. The minimum atomic E-state index is -0.393. The molecule has 2 aromatic rings. The lowest BCUT2D eigenvalue weighted by atomic mass is 9.87. The van der Waals surface area contributed by atoms with E-state index in [1.54, 1.807) is 11.1 Å². The van der Waals surface area contributed by atoms with E-state index in [0.717, 1.165) is 11.1 Å². The molecular weight excluding hydrogens is 288 g/mol. The van der Waals surface area contributed by atoms with E-state index in [4.69, 9.17) is 4.74 Å². The summed E-state index contributed by atoms with van der Waals surface area (Å²) in [6, 6.07) is 19.8. The Labute approximate surface area is 135 Å². The molecule has 0 atom stereocenters. The van der Waals surface area contributed by atoms with Gasteiger partial charge in [-0.05, 0) is 11.1 Å². The molecule has 1 aliphatic heterocycles. The fourth-order valence-electron chi connectivity index (χ4n) is 2.59. The molecule has 23 heavy (non-hydrogen) atoms. The molecule has 116 valence electrons. The summed E-state index contributed by atoms with van der Waals surface area (Å²) in [4.78, 5) is 18.6. The van der Waals surface area contributed by atoms with Crippen molar-refractivity contribution in [1.29, 1.82) is 0 Å². The van der Waals surface area contributed by atoms with Gasteiger partial charge in [-0.2, -0.15) is 0 Å². The number of cyclic esters (lactones) is 1. The van der Waals surface area contributed by atoms with E-state index in [1.165, 1.54) is 0 Å². The lowest BCUT2D eigenvalue weighted by Crippen LogP contribution is -2.20. The van der Waals surface area contributed by atoms with E-state index < -0.39 is 5.97 Å². The third-order valence-corrected chi connectivity index (χ3v) is 3.54. The molecule has 0 unspecified atom stereocenters. The quantitative estimate of drug-likeness (QED) is 0.815. The molecule has 0 bridgehead atoms. The molecule has 0 aromatic heterocycles. The van der Waals surface area contributed by atoms with Gasteiger partial charge in [0.15, 0.2) is 0 Å². The van der Waals surface area contributed by atoms with Crippen LogP contribution in [0.1, 0.15) is 17.0 Å². The summed E-state index contributed by atoms with van der Waals surface area (Å²) in [5.41, 5.74) is 2.44. The summed E-state index contributed by atoms with van der Waals surface area (Å²) in [7, 11) is 3.72. The lowest BCUT2D eigenvalue weighted by Gasteiger charge is -2.16. The molecule has 0 saturated heterocycles. The Hall–Kier alpha value is -2.88. The Kier molecular flexibility index (Phi) is 4.24. The monoisotopic (exact) mass is 306 g/mol. The van der Waals surface area contributed by atoms with Gasteiger partial charge in [0.25, 0.3) is 0 Å². The maximum atomic E-state index is 12.3. The molecule has 0 N–H and O–H groups in total. The standard InChI is InChI=1S/C19H18N2O2/c1-21(2)13-16-20-18(19(22)23-16)17(14-9-5-3-6-10-14)15-11-7-4-8-12-15/h3-13,17H,1-2H3.